The molecular formula is C17H30N4OS. The van der Waals surface area contributed by atoms with E-state index in [0.29, 0.717) is 5.75 Å². The van der Waals surface area contributed by atoms with Crippen LogP contribution in [0.3, 0.4) is 0 Å². The molecule has 0 N–H and O–H groups in total. The number of rotatable bonds is 11. The van der Waals surface area contributed by atoms with Crippen molar-refractivity contribution >= 4 is 17.7 Å². The zero-order valence-electron chi connectivity index (χ0n) is 14.9. The molecule has 0 unspecified atom stereocenters. The molecule has 0 spiro atoms. The molecule has 1 amide bonds. The highest BCUT2D eigenvalue weighted by Crippen LogP contribution is 2.17. The van der Waals surface area contributed by atoms with E-state index in [4.69, 9.17) is 0 Å². The molecule has 0 radical (unpaired) electrons. The maximum absolute atomic E-state index is 12.5. The van der Waals surface area contributed by atoms with Gasteiger partial charge < -0.3 is 14.7 Å². The van der Waals surface area contributed by atoms with Crippen LogP contribution in [-0.2, 0) is 4.79 Å². The maximum atomic E-state index is 12.5. The van der Waals surface area contributed by atoms with E-state index in [1.54, 1.807) is 24.2 Å². The molecule has 1 heterocycles. The first-order valence-electron chi connectivity index (χ1n) is 8.09. The van der Waals surface area contributed by atoms with E-state index < -0.39 is 0 Å². The fourth-order valence-corrected chi connectivity index (χ4v) is 2.97. The van der Waals surface area contributed by atoms with E-state index in [1.165, 1.54) is 0 Å². The monoisotopic (exact) mass is 338 g/mol. The molecule has 130 valence electrons. The molecule has 0 aliphatic heterocycles. The molecule has 23 heavy (non-hydrogen) atoms. The summed E-state index contributed by atoms with van der Waals surface area (Å²) >= 11 is 1.58. The lowest BCUT2D eigenvalue weighted by Gasteiger charge is -2.24. The minimum absolute atomic E-state index is 0.226. The number of pyridine rings is 1. The van der Waals surface area contributed by atoms with Crippen LogP contribution in [0.25, 0.3) is 0 Å². The molecular weight excluding hydrogens is 308 g/mol. The standard InChI is InChI=1S/C17H30N4OS/c1-19(2)11-5-13-21(14-6-12-20(3)4)17(22)15-23-16-7-9-18-10-8-16/h7-10H,5-6,11-15H2,1-4H3. The molecule has 1 rings (SSSR count). The van der Waals surface area contributed by atoms with Crippen LogP contribution in [0.1, 0.15) is 12.8 Å². The number of hydrogen-bond acceptors (Lipinski definition) is 5. The van der Waals surface area contributed by atoms with Crippen molar-refractivity contribution in [1.82, 2.24) is 19.7 Å². The highest BCUT2D eigenvalue weighted by Gasteiger charge is 2.13. The third kappa shape index (κ3) is 9.58. The molecule has 1 aromatic rings. The average molecular weight is 339 g/mol. The fourth-order valence-electron chi connectivity index (χ4n) is 2.19. The molecule has 6 heteroatoms. The molecule has 0 bridgehead atoms. The average Bonchev–Trinajstić information content (AvgIpc) is 2.51. The number of thioether (sulfide) groups is 1. The molecule has 1 aromatic heterocycles. The molecule has 5 nitrogen and oxygen atoms in total. The van der Waals surface area contributed by atoms with Gasteiger partial charge in [0.15, 0.2) is 0 Å². The summed E-state index contributed by atoms with van der Waals surface area (Å²) in [5, 5.41) is 0. The Balaban J connectivity index is 2.45. The quantitative estimate of drug-likeness (QED) is 0.576. The summed E-state index contributed by atoms with van der Waals surface area (Å²) in [6.45, 7) is 3.69. The first-order valence-corrected chi connectivity index (χ1v) is 9.07. The number of amides is 1. The third-order valence-corrected chi connectivity index (χ3v) is 4.43. The van der Waals surface area contributed by atoms with Crippen molar-refractivity contribution in [2.45, 2.75) is 17.7 Å². The normalized spacial score (nSPS) is 11.2. The minimum atomic E-state index is 0.226. The molecule has 0 saturated heterocycles. The molecule has 0 fully saturated rings. The van der Waals surface area contributed by atoms with Crippen LogP contribution in [0, 0.1) is 0 Å². The van der Waals surface area contributed by atoms with Crippen molar-refractivity contribution in [3.63, 3.8) is 0 Å². The largest absolute Gasteiger partial charge is 0.342 e. The van der Waals surface area contributed by atoms with Crippen LogP contribution in [0.2, 0.25) is 0 Å². The topological polar surface area (TPSA) is 39.7 Å². The lowest BCUT2D eigenvalue weighted by molar-refractivity contribution is -0.128. The molecule has 0 aliphatic rings. The van der Waals surface area contributed by atoms with Gasteiger partial charge >= 0.3 is 0 Å². The summed E-state index contributed by atoms with van der Waals surface area (Å²) in [5.41, 5.74) is 0. The lowest BCUT2D eigenvalue weighted by atomic mass is 10.3. The third-order valence-electron chi connectivity index (χ3n) is 3.43. The van der Waals surface area contributed by atoms with Gasteiger partial charge in [-0.25, -0.2) is 0 Å². The summed E-state index contributed by atoms with van der Waals surface area (Å²) in [6, 6.07) is 3.89. The Morgan fingerprint density at radius 2 is 1.48 bits per heavy atom. The first-order chi connectivity index (χ1) is 11.0. The number of nitrogens with zero attached hydrogens (tertiary/aromatic N) is 4. The van der Waals surface area contributed by atoms with Crippen LogP contribution >= 0.6 is 11.8 Å². The van der Waals surface area contributed by atoms with Gasteiger partial charge in [0.05, 0.1) is 5.75 Å². The number of carbonyl (C=O) groups excluding carboxylic acids is 1. The molecule has 0 aromatic carbocycles. The second-order valence-corrected chi connectivity index (χ2v) is 7.21. The highest BCUT2D eigenvalue weighted by atomic mass is 32.2. The Kier molecular flexibility index (Phi) is 9.91. The zero-order valence-corrected chi connectivity index (χ0v) is 15.7. The smallest absolute Gasteiger partial charge is 0.232 e. The van der Waals surface area contributed by atoms with Crippen molar-refractivity contribution in [1.29, 1.82) is 0 Å². The molecule has 0 atom stereocenters. The summed E-state index contributed by atoms with van der Waals surface area (Å²) in [7, 11) is 8.27. The molecule has 0 saturated carbocycles. The summed E-state index contributed by atoms with van der Waals surface area (Å²) in [5.74, 6) is 0.720. The van der Waals surface area contributed by atoms with E-state index in [1.807, 2.05) is 17.0 Å². The Hall–Kier alpha value is -1.11. The number of hydrogen-bond donors (Lipinski definition) is 0. The minimum Gasteiger partial charge on any atom is -0.342 e. The lowest BCUT2D eigenvalue weighted by Crippen LogP contribution is -2.36. The van der Waals surface area contributed by atoms with Gasteiger partial charge in [-0.05, 0) is 66.3 Å². The highest BCUT2D eigenvalue weighted by molar-refractivity contribution is 8.00. The van der Waals surface area contributed by atoms with E-state index in [0.717, 1.165) is 43.9 Å². The predicted molar refractivity (Wildman–Crippen MR) is 97.9 cm³/mol. The van der Waals surface area contributed by atoms with Crippen molar-refractivity contribution in [3.8, 4) is 0 Å². The van der Waals surface area contributed by atoms with Crippen LogP contribution in [-0.4, -0.2) is 85.7 Å². The van der Waals surface area contributed by atoms with Gasteiger partial charge in [0.25, 0.3) is 0 Å². The van der Waals surface area contributed by atoms with E-state index in [9.17, 15) is 4.79 Å². The van der Waals surface area contributed by atoms with Gasteiger partial charge in [-0.15, -0.1) is 11.8 Å². The Morgan fingerprint density at radius 3 is 1.96 bits per heavy atom. The fraction of sp³-hybridized carbons (Fsp3) is 0.647. The Morgan fingerprint density at radius 1 is 0.957 bits per heavy atom. The Labute approximate surface area is 145 Å². The van der Waals surface area contributed by atoms with Gasteiger partial charge in [0.1, 0.15) is 0 Å². The van der Waals surface area contributed by atoms with E-state index in [2.05, 4.69) is 43.0 Å². The van der Waals surface area contributed by atoms with Gasteiger partial charge in [0, 0.05) is 30.4 Å². The van der Waals surface area contributed by atoms with Crippen LogP contribution < -0.4 is 0 Å². The predicted octanol–water partition coefficient (Wildman–Crippen LogP) is 1.91. The van der Waals surface area contributed by atoms with Crippen LogP contribution in [0.15, 0.2) is 29.4 Å². The Bertz CT molecular complexity index is 425. The maximum Gasteiger partial charge on any atom is 0.232 e. The summed E-state index contributed by atoms with van der Waals surface area (Å²) in [6.07, 6.45) is 5.55. The van der Waals surface area contributed by atoms with Gasteiger partial charge in [-0.2, -0.15) is 0 Å². The van der Waals surface area contributed by atoms with Crippen LogP contribution in [0.4, 0.5) is 0 Å². The van der Waals surface area contributed by atoms with Gasteiger partial charge in [-0.1, -0.05) is 0 Å². The number of aromatic nitrogens is 1. The SMILES string of the molecule is CN(C)CCCN(CCCN(C)C)C(=O)CSc1ccncc1. The van der Waals surface area contributed by atoms with Crippen molar-refractivity contribution < 1.29 is 4.79 Å². The van der Waals surface area contributed by atoms with E-state index in [-0.39, 0.29) is 5.91 Å². The summed E-state index contributed by atoms with van der Waals surface area (Å²) in [4.78, 5) is 24.0. The van der Waals surface area contributed by atoms with Crippen molar-refractivity contribution in [3.05, 3.63) is 24.5 Å². The van der Waals surface area contributed by atoms with Gasteiger partial charge in [-0.3, -0.25) is 9.78 Å². The molecule has 0 aliphatic carbocycles. The van der Waals surface area contributed by atoms with Gasteiger partial charge in [0.2, 0.25) is 5.91 Å². The van der Waals surface area contributed by atoms with Crippen molar-refractivity contribution in [2.24, 2.45) is 0 Å². The van der Waals surface area contributed by atoms with Crippen molar-refractivity contribution in [2.75, 3.05) is 60.1 Å². The number of carbonyl (C=O) groups is 1. The second-order valence-electron chi connectivity index (χ2n) is 6.17. The second kappa shape index (κ2) is 11.4. The van der Waals surface area contributed by atoms with Crippen LogP contribution in [0.5, 0.6) is 0 Å². The summed E-state index contributed by atoms with van der Waals surface area (Å²) < 4.78 is 0. The zero-order chi connectivity index (χ0) is 17.1. The van der Waals surface area contributed by atoms with E-state index >= 15 is 0 Å². The first kappa shape index (κ1) is 19.9.